The van der Waals surface area contributed by atoms with Crippen molar-refractivity contribution in [2.24, 2.45) is 5.73 Å². The predicted octanol–water partition coefficient (Wildman–Crippen LogP) is 2.63. The number of hydrogen-bond donors (Lipinski definition) is 1. The summed E-state index contributed by atoms with van der Waals surface area (Å²) in [6.45, 7) is 0.875. The highest BCUT2D eigenvalue weighted by Crippen LogP contribution is 2.10. The third kappa shape index (κ3) is 12.2. The monoisotopic (exact) mass is 215 g/mol. The molecule has 2 N–H and O–H groups in total. The Balaban J connectivity index is 2.78. The molecular weight excluding hydrogens is 186 g/mol. The van der Waals surface area contributed by atoms with Crippen LogP contribution < -0.4 is 5.73 Å². The van der Waals surface area contributed by atoms with E-state index in [0.29, 0.717) is 0 Å². The zero-order chi connectivity index (χ0) is 10.5. The van der Waals surface area contributed by atoms with Crippen LogP contribution in [-0.2, 0) is 0 Å². The van der Waals surface area contributed by atoms with Crippen LogP contribution >= 0.6 is 0 Å². The molecule has 0 bridgehead atoms. The summed E-state index contributed by atoms with van der Waals surface area (Å²) in [6.07, 6.45) is 14.2. The molecule has 0 rings (SSSR count). The first-order valence-electron chi connectivity index (χ1n) is 6.62. The molecule has 0 saturated heterocycles. The van der Waals surface area contributed by atoms with Gasteiger partial charge in [0.15, 0.2) is 0 Å². The van der Waals surface area contributed by atoms with E-state index in [-0.39, 0.29) is 0 Å². The fourth-order valence-electron chi connectivity index (χ4n) is 1.81. The Kier molecular flexibility index (Phi) is 13.3. The van der Waals surface area contributed by atoms with Crippen LogP contribution in [0.25, 0.3) is 0 Å². The molecule has 0 heterocycles. The second-order valence-electron chi connectivity index (χ2n) is 4.32. The van der Waals surface area contributed by atoms with Crippen LogP contribution in [0.4, 0.5) is 0 Å². The Morgan fingerprint density at radius 1 is 0.571 bits per heavy atom. The van der Waals surface area contributed by atoms with Crippen LogP contribution in [0.5, 0.6) is 0 Å². The molecule has 0 aliphatic rings. The second kappa shape index (κ2) is 13.2. The van der Waals surface area contributed by atoms with Crippen LogP contribution in [-0.4, -0.2) is 16.8 Å². The van der Waals surface area contributed by atoms with Gasteiger partial charge in [-0.1, -0.05) is 63.8 Å². The van der Waals surface area contributed by atoms with Crippen molar-refractivity contribution in [2.45, 2.75) is 70.3 Å². The molecule has 2 heteroatoms. The molecule has 14 heavy (non-hydrogen) atoms. The van der Waals surface area contributed by atoms with Crippen molar-refractivity contribution < 1.29 is 0 Å². The molecule has 86 valence electrons. The zero-order valence-corrected chi connectivity index (χ0v) is 12.1. The third-order valence-electron chi connectivity index (χ3n) is 2.81. The van der Waals surface area contributed by atoms with E-state index in [9.17, 15) is 0 Å². The first-order chi connectivity index (χ1) is 6.91. The quantitative estimate of drug-likeness (QED) is 0.416. The normalized spacial score (nSPS) is 10.9. The van der Waals surface area contributed by atoms with Gasteiger partial charge in [-0.05, 0) is 13.0 Å². The van der Waals surface area contributed by atoms with Gasteiger partial charge >= 0.3 is 0 Å². The molecule has 0 aliphatic carbocycles. The van der Waals surface area contributed by atoms with Crippen molar-refractivity contribution in [3.05, 3.63) is 0 Å². The average Bonchev–Trinajstić information content (AvgIpc) is 2.21. The van der Waals surface area contributed by atoms with Gasteiger partial charge in [0.1, 0.15) is 0 Å². The maximum atomic E-state index is 5.44. The van der Waals surface area contributed by atoms with Gasteiger partial charge in [-0.25, -0.2) is 0 Å². The molecule has 0 radical (unpaired) electrons. The summed E-state index contributed by atoms with van der Waals surface area (Å²) in [7, 11) is 1.40. The van der Waals surface area contributed by atoms with Crippen molar-refractivity contribution in [3.63, 3.8) is 0 Å². The molecule has 0 aromatic rings. The van der Waals surface area contributed by atoms with E-state index >= 15 is 0 Å². The summed E-state index contributed by atoms with van der Waals surface area (Å²) in [6, 6.07) is 1.50. The van der Waals surface area contributed by atoms with Crippen molar-refractivity contribution >= 4 is 10.2 Å². The van der Waals surface area contributed by atoms with Gasteiger partial charge in [-0.3, -0.25) is 0 Å². The molecule has 0 amide bonds. The Labute approximate surface area is 93.3 Å². The Morgan fingerprint density at radius 3 is 1.29 bits per heavy atom. The predicted molar refractivity (Wildman–Crippen MR) is 70.0 cm³/mol. The lowest BCUT2D eigenvalue weighted by atomic mass is 10.1. The minimum atomic E-state index is 0.875. The molecule has 0 atom stereocenters. The standard InChI is InChI=1S/C12H29NSi/c13-11-9-7-5-3-1-2-4-6-8-10-12-14/h1-13H2,14H3. The van der Waals surface area contributed by atoms with Crippen LogP contribution in [0.1, 0.15) is 64.2 Å². The lowest BCUT2D eigenvalue weighted by Gasteiger charge is -2.01. The van der Waals surface area contributed by atoms with Crippen molar-refractivity contribution in [1.29, 1.82) is 0 Å². The van der Waals surface area contributed by atoms with Gasteiger partial charge in [0, 0.05) is 10.2 Å². The van der Waals surface area contributed by atoms with E-state index < -0.39 is 0 Å². The van der Waals surface area contributed by atoms with Gasteiger partial charge in [-0.15, -0.1) is 0 Å². The molecular formula is C12H29NSi. The SMILES string of the molecule is NCCCCCCCCCCCC[SiH3]. The summed E-state index contributed by atoms with van der Waals surface area (Å²) in [5.74, 6) is 0. The Bertz CT molecular complexity index is 84.3. The molecule has 0 spiro atoms. The van der Waals surface area contributed by atoms with Gasteiger partial charge in [0.25, 0.3) is 0 Å². The summed E-state index contributed by atoms with van der Waals surface area (Å²) >= 11 is 0. The summed E-state index contributed by atoms with van der Waals surface area (Å²) in [4.78, 5) is 0. The fourth-order valence-corrected chi connectivity index (χ4v) is 2.31. The van der Waals surface area contributed by atoms with Crippen LogP contribution in [0.2, 0.25) is 6.04 Å². The molecule has 0 aromatic carbocycles. The lowest BCUT2D eigenvalue weighted by Crippen LogP contribution is -1.97. The van der Waals surface area contributed by atoms with Crippen molar-refractivity contribution in [2.75, 3.05) is 6.54 Å². The average molecular weight is 215 g/mol. The second-order valence-corrected chi connectivity index (χ2v) is 5.32. The highest BCUT2D eigenvalue weighted by molar-refractivity contribution is 6.08. The van der Waals surface area contributed by atoms with Gasteiger partial charge < -0.3 is 5.73 Å². The fraction of sp³-hybridized carbons (Fsp3) is 1.00. The number of unbranched alkanes of at least 4 members (excludes halogenated alkanes) is 9. The van der Waals surface area contributed by atoms with Crippen molar-refractivity contribution in [3.8, 4) is 0 Å². The van der Waals surface area contributed by atoms with Gasteiger partial charge in [-0.2, -0.15) is 0 Å². The van der Waals surface area contributed by atoms with Crippen LogP contribution in [0.3, 0.4) is 0 Å². The van der Waals surface area contributed by atoms with E-state index in [1.54, 1.807) is 0 Å². The van der Waals surface area contributed by atoms with Crippen LogP contribution in [0.15, 0.2) is 0 Å². The Hall–Kier alpha value is 0.177. The first kappa shape index (κ1) is 14.2. The first-order valence-corrected chi connectivity index (χ1v) is 8.03. The van der Waals surface area contributed by atoms with E-state index in [1.165, 1.54) is 80.5 Å². The highest BCUT2D eigenvalue weighted by Gasteiger charge is 1.91. The lowest BCUT2D eigenvalue weighted by molar-refractivity contribution is 0.558. The molecule has 0 aromatic heterocycles. The van der Waals surface area contributed by atoms with Gasteiger partial charge in [0.2, 0.25) is 0 Å². The molecule has 0 aliphatic heterocycles. The minimum absolute atomic E-state index is 0.875. The number of hydrogen-bond acceptors (Lipinski definition) is 1. The maximum Gasteiger partial charge on any atom is 0.00279 e. The van der Waals surface area contributed by atoms with E-state index in [0.717, 1.165) is 6.54 Å². The summed E-state index contributed by atoms with van der Waals surface area (Å²) in [5.41, 5.74) is 5.44. The van der Waals surface area contributed by atoms with Gasteiger partial charge in [0.05, 0.1) is 0 Å². The number of nitrogens with two attached hydrogens (primary N) is 1. The highest BCUT2D eigenvalue weighted by atomic mass is 28.1. The zero-order valence-electron chi connectivity index (χ0n) is 10.1. The largest absolute Gasteiger partial charge is 0.330 e. The van der Waals surface area contributed by atoms with Crippen molar-refractivity contribution in [1.82, 2.24) is 0 Å². The summed E-state index contributed by atoms with van der Waals surface area (Å²) < 4.78 is 0. The molecule has 1 nitrogen and oxygen atoms in total. The minimum Gasteiger partial charge on any atom is -0.330 e. The van der Waals surface area contributed by atoms with E-state index in [2.05, 4.69) is 0 Å². The van der Waals surface area contributed by atoms with E-state index in [4.69, 9.17) is 5.73 Å². The Morgan fingerprint density at radius 2 is 0.929 bits per heavy atom. The smallest absolute Gasteiger partial charge is 0.00279 e. The third-order valence-corrected chi connectivity index (χ3v) is 3.51. The molecule has 0 unspecified atom stereocenters. The molecule has 0 fully saturated rings. The maximum absolute atomic E-state index is 5.44. The molecule has 0 saturated carbocycles. The van der Waals surface area contributed by atoms with E-state index in [1.807, 2.05) is 0 Å². The topological polar surface area (TPSA) is 26.0 Å². The summed E-state index contributed by atoms with van der Waals surface area (Å²) in [5, 5.41) is 0. The van der Waals surface area contributed by atoms with Crippen LogP contribution in [0, 0.1) is 0 Å². The number of rotatable bonds is 11.